The van der Waals surface area contributed by atoms with E-state index in [4.69, 9.17) is 4.74 Å². The number of benzene rings is 1. The van der Waals surface area contributed by atoms with Gasteiger partial charge in [0.05, 0.1) is 24.9 Å². The number of carbonyl (C=O) groups is 2. The molecule has 0 aliphatic heterocycles. The molecular formula is C18H20N2O4. The molecule has 1 heterocycles. The molecule has 0 fully saturated rings. The number of hydrogen-bond donors (Lipinski definition) is 1. The first-order valence-corrected chi connectivity index (χ1v) is 7.63. The minimum Gasteiger partial charge on any atom is -0.465 e. The predicted octanol–water partition coefficient (Wildman–Crippen LogP) is 2.26. The van der Waals surface area contributed by atoms with Gasteiger partial charge in [0, 0.05) is 12.8 Å². The topological polar surface area (TPSA) is 77.5 Å². The minimum atomic E-state index is -0.662. The molecule has 6 nitrogen and oxygen atoms in total. The van der Waals surface area contributed by atoms with Crippen LogP contribution in [0.3, 0.4) is 0 Å². The van der Waals surface area contributed by atoms with Crippen molar-refractivity contribution in [2.75, 3.05) is 13.7 Å². The van der Waals surface area contributed by atoms with E-state index in [0.29, 0.717) is 17.9 Å². The summed E-state index contributed by atoms with van der Waals surface area (Å²) in [7, 11) is 1.31. The molecule has 126 valence electrons. The summed E-state index contributed by atoms with van der Waals surface area (Å²) in [5.41, 5.74) is 1.80. The predicted molar refractivity (Wildman–Crippen MR) is 88.2 cm³/mol. The quantitative estimate of drug-likeness (QED) is 0.789. The van der Waals surface area contributed by atoms with E-state index >= 15 is 0 Å². The zero-order chi connectivity index (χ0) is 17.4. The maximum atomic E-state index is 12.4. The Kier molecular flexibility index (Phi) is 6.45. The molecule has 1 atom stereocenters. The van der Waals surface area contributed by atoms with Gasteiger partial charge in [-0.3, -0.25) is 9.78 Å². The molecule has 1 aromatic heterocycles. The summed E-state index contributed by atoms with van der Waals surface area (Å²) in [6.07, 6.45) is 0.760. The van der Waals surface area contributed by atoms with Crippen LogP contribution in [0.15, 0.2) is 48.7 Å². The molecule has 24 heavy (non-hydrogen) atoms. The largest absolute Gasteiger partial charge is 0.465 e. The normalized spacial score (nSPS) is 11.6. The Morgan fingerprint density at radius 1 is 1.17 bits per heavy atom. The maximum absolute atomic E-state index is 12.4. The number of nitrogens with one attached hydrogen (secondary N) is 1. The Hall–Kier alpha value is -2.73. The zero-order valence-corrected chi connectivity index (χ0v) is 13.7. The fourth-order valence-electron chi connectivity index (χ4n) is 2.16. The van der Waals surface area contributed by atoms with E-state index in [1.165, 1.54) is 13.3 Å². The van der Waals surface area contributed by atoms with Crippen LogP contribution in [0.4, 0.5) is 0 Å². The van der Waals surface area contributed by atoms with E-state index in [1.807, 2.05) is 37.3 Å². The van der Waals surface area contributed by atoms with Gasteiger partial charge >= 0.3 is 5.97 Å². The number of hydrogen-bond acceptors (Lipinski definition) is 5. The highest BCUT2D eigenvalue weighted by Crippen LogP contribution is 2.17. The standard InChI is InChI=1S/C18H20N2O4/c1-3-24-16(13-7-5-4-6-8-13)17(21)20-12-15-10-9-14(11-19-15)18(22)23-2/h4-11,16H,3,12H2,1-2H3,(H,20,21)/t16-/m0/s1. The molecule has 2 rings (SSSR count). The third-order valence-electron chi connectivity index (χ3n) is 3.36. The number of nitrogens with zero attached hydrogens (tertiary/aromatic N) is 1. The highest BCUT2D eigenvalue weighted by Gasteiger charge is 2.20. The molecule has 6 heteroatoms. The monoisotopic (exact) mass is 328 g/mol. The van der Waals surface area contributed by atoms with E-state index in [0.717, 1.165) is 5.56 Å². The first-order valence-electron chi connectivity index (χ1n) is 7.63. The molecule has 0 aliphatic rings. The average molecular weight is 328 g/mol. The van der Waals surface area contributed by atoms with Gasteiger partial charge in [-0.1, -0.05) is 30.3 Å². The maximum Gasteiger partial charge on any atom is 0.339 e. The van der Waals surface area contributed by atoms with Crippen molar-refractivity contribution >= 4 is 11.9 Å². The van der Waals surface area contributed by atoms with Crippen LogP contribution in [0.25, 0.3) is 0 Å². The summed E-state index contributed by atoms with van der Waals surface area (Å²) in [5.74, 6) is -0.680. The Morgan fingerprint density at radius 2 is 1.92 bits per heavy atom. The number of methoxy groups -OCH3 is 1. The van der Waals surface area contributed by atoms with Crippen LogP contribution < -0.4 is 5.32 Å². The lowest BCUT2D eigenvalue weighted by Gasteiger charge is -2.17. The van der Waals surface area contributed by atoms with Gasteiger partial charge in [0.15, 0.2) is 6.10 Å². The van der Waals surface area contributed by atoms with E-state index < -0.39 is 12.1 Å². The average Bonchev–Trinajstić information content (AvgIpc) is 2.64. The first kappa shape index (κ1) is 17.6. The van der Waals surface area contributed by atoms with Gasteiger partial charge in [-0.15, -0.1) is 0 Å². The highest BCUT2D eigenvalue weighted by molar-refractivity contribution is 5.88. The smallest absolute Gasteiger partial charge is 0.339 e. The number of esters is 1. The second kappa shape index (κ2) is 8.79. The Balaban J connectivity index is 1.99. The van der Waals surface area contributed by atoms with Crippen LogP contribution in [0.1, 0.15) is 34.6 Å². The van der Waals surface area contributed by atoms with Gasteiger partial charge in [0.1, 0.15) is 0 Å². The zero-order valence-electron chi connectivity index (χ0n) is 13.7. The SMILES string of the molecule is CCO[C@H](C(=O)NCc1ccc(C(=O)OC)cn1)c1ccccc1. The number of rotatable bonds is 7. The molecule has 1 N–H and O–H groups in total. The number of ether oxygens (including phenoxy) is 2. The number of aromatic nitrogens is 1. The lowest BCUT2D eigenvalue weighted by Crippen LogP contribution is -2.30. The second-order valence-electron chi connectivity index (χ2n) is 4.99. The van der Waals surface area contributed by atoms with Crippen molar-refractivity contribution in [1.82, 2.24) is 10.3 Å². The van der Waals surface area contributed by atoms with Crippen LogP contribution in [-0.4, -0.2) is 30.6 Å². The van der Waals surface area contributed by atoms with Crippen LogP contribution in [0, 0.1) is 0 Å². The lowest BCUT2D eigenvalue weighted by molar-refractivity contribution is -0.133. The van der Waals surface area contributed by atoms with Crippen LogP contribution in [0.2, 0.25) is 0 Å². The van der Waals surface area contributed by atoms with Gasteiger partial charge in [-0.2, -0.15) is 0 Å². The second-order valence-corrected chi connectivity index (χ2v) is 4.99. The summed E-state index contributed by atoms with van der Waals surface area (Å²) in [6, 6.07) is 12.6. The Labute approximate surface area is 140 Å². The van der Waals surface area contributed by atoms with E-state index in [2.05, 4.69) is 15.0 Å². The Bertz CT molecular complexity index is 671. The van der Waals surface area contributed by atoms with E-state index in [-0.39, 0.29) is 12.5 Å². The molecule has 0 saturated carbocycles. The van der Waals surface area contributed by atoms with Crippen molar-refractivity contribution in [3.8, 4) is 0 Å². The molecule has 0 radical (unpaired) electrons. The molecular weight excluding hydrogens is 308 g/mol. The molecule has 0 unspecified atom stereocenters. The first-order chi connectivity index (χ1) is 11.7. The van der Waals surface area contributed by atoms with Crippen LogP contribution in [0.5, 0.6) is 0 Å². The van der Waals surface area contributed by atoms with Crippen molar-refractivity contribution in [2.24, 2.45) is 0 Å². The number of carbonyl (C=O) groups excluding carboxylic acids is 2. The summed E-state index contributed by atoms with van der Waals surface area (Å²) >= 11 is 0. The Morgan fingerprint density at radius 3 is 2.50 bits per heavy atom. The lowest BCUT2D eigenvalue weighted by atomic mass is 10.1. The number of amides is 1. The van der Waals surface area contributed by atoms with Gasteiger partial charge in [-0.25, -0.2) is 4.79 Å². The van der Waals surface area contributed by atoms with E-state index in [1.54, 1.807) is 12.1 Å². The van der Waals surface area contributed by atoms with Crippen LogP contribution in [-0.2, 0) is 20.8 Å². The molecule has 2 aromatic rings. The van der Waals surface area contributed by atoms with Gasteiger partial charge in [0.25, 0.3) is 5.91 Å². The van der Waals surface area contributed by atoms with E-state index in [9.17, 15) is 9.59 Å². The summed E-state index contributed by atoms with van der Waals surface area (Å²) in [6.45, 7) is 2.52. The van der Waals surface area contributed by atoms with Gasteiger partial charge < -0.3 is 14.8 Å². The molecule has 0 spiro atoms. The summed E-state index contributed by atoms with van der Waals surface area (Å²) in [5, 5.41) is 2.80. The molecule has 1 amide bonds. The van der Waals surface area contributed by atoms with Gasteiger partial charge in [0.2, 0.25) is 0 Å². The van der Waals surface area contributed by atoms with Crippen molar-refractivity contribution in [2.45, 2.75) is 19.6 Å². The van der Waals surface area contributed by atoms with Crippen LogP contribution >= 0.6 is 0 Å². The minimum absolute atomic E-state index is 0.234. The highest BCUT2D eigenvalue weighted by atomic mass is 16.5. The molecule has 0 saturated heterocycles. The van der Waals surface area contributed by atoms with Crippen molar-refractivity contribution < 1.29 is 19.1 Å². The molecule has 0 aliphatic carbocycles. The van der Waals surface area contributed by atoms with Gasteiger partial charge in [-0.05, 0) is 24.6 Å². The van der Waals surface area contributed by atoms with Crippen molar-refractivity contribution in [3.05, 3.63) is 65.5 Å². The summed E-state index contributed by atoms with van der Waals surface area (Å²) < 4.78 is 10.2. The van der Waals surface area contributed by atoms with Crippen molar-refractivity contribution in [1.29, 1.82) is 0 Å². The third-order valence-corrected chi connectivity index (χ3v) is 3.36. The molecule has 0 bridgehead atoms. The fourth-order valence-corrected chi connectivity index (χ4v) is 2.16. The molecule has 1 aromatic carbocycles. The summed E-state index contributed by atoms with van der Waals surface area (Å²) in [4.78, 5) is 27.9. The number of pyridine rings is 1. The fraction of sp³-hybridized carbons (Fsp3) is 0.278. The van der Waals surface area contributed by atoms with Crippen molar-refractivity contribution in [3.63, 3.8) is 0 Å². The third kappa shape index (κ3) is 4.63.